The predicted molar refractivity (Wildman–Crippen MR) is 69.3 cm³/mol. The van der Waals surface area contributed by atoms with Crippen LogP contribution in [0, 0.1) is 11.8 Å². The summed E-state index contributed by atoms with van der Waals surface area (Å²) < 4.78 is 5.11. The van der Waals surface area contributed by atoms with Crippen molar-refractivity contribution < 1.29 is 4.74 Å². The van der Waals surface area contributed by atoms with Crippen LogP contribution < -0.4 is 10.1 Å². The maximum Gasteiger partial charge on any atom is 0.212 e. The summed E-state index contributed by atoms with van der Waals surface area (Å²) in [6.07, 6.45) is 3.18. The monoisotopic (exact) mass is 234 g/mol. The van der Waals surface area contributed by atoms with Gasteiger partial charge >= 0.3 is 0 Å². The first-order valence-corrected chi connectivity index (χ1v) is 6.43. The number of methoxy groups -OCH3 is 1. The van der Waals surface area contributed by atoms with Crippen LogP contribution in [0.5, 0.6) is 5.88 Å². The topological polar surface area (TPSA) is 34.1 Å². The smallest absolute Gasteiger partial charge is 0.212 e. The third kappa shape index (κ3) is 2.78. The first kappa shape index (κ1) is 12.4. The molecular formula is C14H22N2O. The van der Waals surface area contributed by atoms with Crippen molar-refractivity contribution in [2.75, 3.05) is 20.2 Å². The maximum atomic E-state index is 5.11. The van der Waals surface area contributed by atoms with Gasteiger partial charge in [-0.1, -0.05) is 19.9 Å². The Morgan fingerprint density at radius 2 is 2.24 bits per heavy atom. The van der Waals surface area contributed by atoms with Gasteiger partial charge in [-0.25, -0.2) is 4.98 Å². The Morgan fingerprint density at radius 3 is 2.82 bits per heavy atom. The van der Waals surface area contributed by atoms with Gasteiger partial charge in [0, 0.05) is 12.3 Å². The van der Waals surface area contributed by atoms with Gasteiger partial charge in [-0.2, -0.15) is 0 Å². The summed E-state index contributed by atoms with van der Waals surface area (Å²) >= 11 is 0. The standard InChI is InChI=1S/C14H22N2O/c1-10(2)13-9-15-7-6-12(13)11-4-5-14(17-3)16-8-11/h4-5,8,10,12-13,15H,6-7,9H2,1-3H3. The maximum absolute atomic E-state index is 5.11. The van der Waals surface area contributed by atoms with Gasteiger partial charge in [0.1, 0.15) is 0 Å². The normalized spacial score (nSPS) is 24.9. The zero-order valence-electron chi connectivity index (χ0n) is 10.9. The van der Waals surface area contributed by atoms with E-state index < -0.39 is 0 Å². The number of nitrogens with one attached hydrogen (secondary N) is 1. The zero-order chi connectivity index (χ0) is 12.3. The Labute approximate surface area is 104 Å². The van der Waals surface area contributed by atoms with E-state index in [9.17, 15) is 0 Å². The number of ether oxygens (including phenoxy) is 1. The third-order valence-electron chi connectivity index (χ3n) is 3.78. The third-order valence-corrected chi connectivity index (χ3v) is 3.78. The van der Waals surface area contributed by atoms with Crippen molar-refractivity contribution in [2.45, 2.75) is 26.2 Å². The highest BCUT2D eigenvalue weighted by Gasteiger charge is 2.28. The summed E-state index contributed by atoms with van der Waals surface area (Å²) in [5.74, 6) is 2.74. The van der Waals surface area contributed by atoms with Crippen LogP contribution >= 0.6 is 0 Å². The lowest BCUT2D eigenvalue weighted by Crippen LogP contribution is -2.38. The summed E-state index contributed by atoms with van der Waals surface area (Å²) in [4.78, 5) is 4.32. The Morgan fingerprint density at radius 1 is 1.41 bits per heavy atom. The molecule has 3 nitrogen and oxygen atoms in total. The van der Waals surface area contributed by atoms with Crippen LogP contribution in [0.15, 0.2) is 18.3 Å². The average Bonchev–Trinajstić information content (AvgIpc) is 2.39. The Hall–Kier alpha value is -1.09. The molecule has 2 rings (SSSR count). The number of pyridine rings is 1. The number of piperidine rings is 1. The first-order chi connectivity index (χ1) is 8.22. The molecule has 2 atom stereocenters. The Balaban J connectivity index is 2.17. The molecule has 1 aromatic rings. The predicted octanol–water partition coefficient (Wildman–Crippen LogP) is 2.44. The molecular weight excluding hydrogens is 212 g/mol. The van der Waals surface area contributed by atoms with E-state index in [0.29, 0.717) is 23.6 Å². The van der Waals surface area contributed by atoms with Crippen LogP contribution in [0.1, 0.15) is 31.7 Å². The highest BCUT2D eigenvalue weighted by atomic mass is 16.5. The van der Waals surface area contributed by atoms with Gasteiger partial charge in [-0.15, -0.1) is 0 Å². The molecule has 1 fully saturated rings. The van der Waals surface area contributed by atoms with E-state index in [1.165, 1.54) is 12.0 Å². The Kier molecular flexibility index (Phi) is 4.00. The highest BCUT2D eigenvalue weighted by molar-refractivity contribution is 5.22. The molecule has 0 aromatic carbocycles. The van der Waals surface area contributed by atoms with E-state index in [4.69, 9.17) is 4.74 Å². The molecule has 1 aliphatic heterocycles. The molecule has 0 spiro atoms. The molecule has 3 heteroatoms. The molecule has 17 heavy (non-hydrogen) atoms. The Bertz CT molecular complexity index is 348. The minimum atomic E-state index is 0.634. The minimum absolute atomic E-state index is 0.634. The van der Waals surface area contributed by atoms with Gasteiger partial charge < -0.3 is 10.1 Å². The number of aromatic nitrogens is 1. The summed E-state index contributed by atoms with van der Waals surface area (Å²) in [6.45, 7) is 6.84. The van der Waals surface area contributed by atoms with E-state index in [0.717, 1.165) is 13.1 Å². The second kappa shape index (κ2) is 5.50. The van der Waals surface area contributed by atoms with Crippen molar-refractivity contribution in [3.8, 4) is 5.88 Å². The number of hydrogen-bond donors (Lipinski definition) is 1. The fourth-order valence-corrected chi connectivity index (χ4v) is 2.73. The summed E-state index contributed by atoms with van der Waals surface area (Å²) in [7, 11) is 1.66. The second-order valence-corrected chi connectivity index (χ2v) is 5.14. The summed E-state index contributed by atoms with van der Waals surface area (Å²) in [5.41, 5.74) is 1.35. The molecule has 2 unspecified atom stereocenters. The quantitative estimate of drug-likeness (QED) is 0.872. The van der Waals surface area contributed by atoms with Crippen molar-refractivity contribution in [3.05, 3.63) is 23.9 Å². The fourth-order valence-electron chi connectivity index (χ4n) is 2.73. The summed E-state index contributed by atoms with van der Waals surface area (Å²) in [5, 5.41) is 3.49. The van der Waals surface area contributed by atoms with Gasteiger partial charge in [0.25, 0.3) is 0 Å². The first-order valence-electron chi connectivity index (χ1n) is 6.43. The molecule has 1 aromatic heterocycles. The van der Waals surface area contributed by atoms with E-state index in [1.54, 1.807) is 7.11 Å². The molecule has 2 heterocycles. The number of nitrogens with zero attached hydrogens (tertiary/aromatic N) is 1. The van der Waals surface area contributed by atoms with Crippen LogP contribution in [-0.4, -0.2) is 25.2 Å². The summed E-state index contributed by atoms with van der Waals surface area (Å²) in [6, 6.07) is 4.13. The molecule has 0 radical (unpaired) electrons. The lowest BCUT2D eigenvalue weighted by molar-refractivity contribution is 0.254. The van der Waals surface area contributed by atoms with Crippen LogP contribution in [0.2, 0.25) is 0 Å². The van der Waals surface area contributed by atoms with Crippen molar-refractivity contribution in [3.63, 3.8) is 0 Å². The van der Waals surface area contributed by atoms with E-state index in [2.05, 4.69) is 30.2 Å². The van der Waals surface area contributed by atoms with Crippen molar-refractivity contribution in [1.29, 1.82) is 0 Å². The fraction of sp³-hybridized carbons (Fsp3) is 0.643. The number of rotatable bonds is 3. The van der Waals surface area contributed by atoms with Gasteiger partial charge in [-0.05, 0) is 42.8 Å². The van der Waals surface area contributed by atoms with E-state index in [-0.39, 0.29) is 0 Å². The van der Waals surface area contributed by atoms with Crippen LogP contribution in [-0.2, 0) is 0 Å². The molecule has 0 aliphatic carbocycles. The molecule has 1 N–H and O–H groups in total. The van der Waals surface area contributed by atoms with Gasteiger partial charge in [0.05, 0.1) is 7.11 Å². The van der Waals surface area contributed by atoms with Crippen LogP contribution in [0.3, 0.4) is 0 Å². The van der Waals surface area contributed by atoms with Crippen LogP contribution in [0.4, 0.5) is 0 Å². The van der Waals surface area contributed by atoms with Gasteiger partial charge in [0.15, 0.2) is 0 Å². The number of hydrogen-bond acceptors (Lipinski definition) is 3. The lowest BCUT2D eigenvalue weighted by Gasteiger charge is -2.35. The SMILES string of the molecule is COc1ccc(C2CCNCC2C(C)C)cn1. The highest BCUT2D eigenvalue weighted by Crippen LogP contribution is 2.34. The molecule has 0 amide bonds. The lowest BCUT2D eigenvalue weighted by atomic mass is 9.76. The van der Waals surface area contributed by atoms with Gasteiger partial charge in [0.2, 0.25) is 5.88 Å². The molecule has 1 aliphatic rings. The average molecular weight is 234 g/mol. The largest absolute Gasteiger partial charge is 0.481 e. The van der Waals surface area contributed by atoms with Crippen molar-refractivity contribution in [1.82, 2.24) is 10.3 Å². The van der Waals surface area contributed by atoms with Crippen LogP contribution in [0.25, 0.3) is 0 Å². The molecule has 0 saturated carbocycles. The van der Waals surface area contributed by atoms with E-state index >= 15 is 0 Å². The minimum Gasteiger partial charge on any atom is -0.481 e. The van der Waals surface area contributed by atoms with E-state index in [1.807, 2.05) is 12.3 Å². The second-order valence-electron chi connectivity index (χ2n) is 5.14. The van der Waals surface area contributed by atoms with Gasteiger partial charge in [-0.3, -0.25) is 0 Å². The molecule has 0 bridgehead atoms. The van der Waals surface area contributed by atoms with Crippen molar-refractivity contribution >= 4 is 0 Å². The molecule has 94 valence electrons. The van der Waals surface area contributed by atoms with Crippen molar-refractivity contribution in [2.24, 2.45) is 11.8 Å². The zero-order valence-corrected chi connectivity index (χ0v) is 10.9. The molecule has 1 saturated heterocycles.